The number of fused-ring (bicyclic) bond motifs is 1. The summed E-state index contributed by atoms with van der Waals surface area (Å²) in [6, 6.07) is 13.4. The van der Waals surface area contributed by atoms with Crippen LogP contribution in [0.4, 0.5) is 5.69 Å². The molecule has 0 atom stereocenters. The van der Waals surface area contributed by atoms with Crippen molar-refractivity contribution in [2.24, 2.45) is 0 Å². The van der Waals surface area contributed by atoms with E-state index in [1.807, 2.05) is 56.3 Å². The second-order valence-corrected chi connectivity index (χ2v) is 5.36. The monoisotopic (exact) mass is 294 g/mol. The lowest BCUT2D eigenvalue weighted by molar-refractivity contribution is 0.102. The molecular formula is C18H18N2O2. The minimum atomic E-state index is -0.142. The average Bonchev–Trinajstić information content (AvgIpc) is 2.84. The summed E-state index contributed by atoms with van der Waals surface area (Å²) in [5.74, 6) is 0.617. The van der Waals surface area contributed by atoms with Gasteiger partial charge in [0, 0.05) is 16.6 Å². The van der Waals surface area contributed by atoms with Gasteiger partial charge in [0.1, 0.15) is 11.4 Å². The first-order valence-electron chi connectivity index (χ1n) is 7.13. The van der Waals surface area contributed by atoms with Crippen molar-refractivity contribution < 1.29 is 9.53 Å². The van der Waals surface area contributed by atoms with E-state index in [0.717, 1.165) is 33.5 Å². The lowest BCUT2D eigenvalue weighted by Gasteiger charge is -2.06. The van der Waals surface area contributed by atoms with Crippen LogP contribution in [-0.2, 0) is 0 Å². The lowest BCUT2D eigenvalue weighted by Crippen LogP contribution is -2.13. The Kier molecular flexibility index (Phi) is 3.59. The smallest absolute Gasteiger partial charge is 0.272 e. The molecule has 112 valence electrons. The zero-order valence-corrected chi connectivity index (χ0v) is 12.9. The number of aromatic nitrogens is 1. The normalized spacial score (nSPS) is 10.7. The van der Waals surface area contributed by atoms with Gasteiger partial charge in [0.2, 0.25) is 0 Å². The minimum absolute atomic E-state index is 0.142. The molecule has 0 fully saturated rings. The molecule has 0 radical (unpaired) electrons. The van der Waals surface area contributed by atoms with Crippen molar-refractivity contribution in [3.63, 3.8) is 0 Å². The maximum Gasteiger partial charge on any atom is 0.272 e. The van der Waals surface area contributed by atoms with Crippen LogP contribution in [0.2, 0.25) is 0 Å². The Morgan fingerprint density at radius 1 is 1.09 bits per heavy atom. The van der Waals surface area contributed by atoms with E-state index in [9.17, 15) is 4.79 Å². The topological polar surface area (TPSA) is 54.1 Å². The van der Waals surface area contributed by atoms with E-state index in [4.69, 9.17) is 4.74 Å². The van der Waals surface area contributed by atoms with E-state index >= 15 is 0 Å². The second kappa shape index (κ2) is 5.56. The van der Waals surface area contributed by atoms with Gasteiger partial charge < -0.3 is 15.0 Å². The summed E-state index contributed by atoms with van der Waals surface area (Å²) in [6.07, 6.45) is 0. The summed E-state index contributed by atoms with van der Waals surface area (Å²) in [6.45, 7) is 3.99. The van der Waals surface area contributed by atoms with Gasteiger partial charge in [0.05, 0.1) is 7.11 Å². The van der Waals surface area contributed by atoms with E-state index in [-0.39, 0.29) is 5.91 Å². The van der Waals surface area contributed by atoms with E-state index in [0.29, 0.717) is 5.69 Å². The minimum Gasteiger partial charge on any atom is -0.497 e. The Bertz CT molecular complexity index is 832. The summed E-state index contributed by atoms with van der Waals surface area (Å²) in [5.41, 5.74) is 4.44. The van der Waals surface area contributed by atoms with Crippen LogP contribution in [0.25, 0.3) is 10.9 Å². The number of hydrogen-bond donors (Lipinski definition) is 2. The first-order chi connectivity index (χ1) is 10.6. The molecule has 0 unspecified atom stereocenters. The number of amides is 1. The number of carbonyl (C=O) groups excluding carboxylic acids is 1. The van der Waals surface area contributed by atoms with Gasteiger partial charge >= 0.3 is 0 Å². The van der Waals surface area contributed by atoms with E-state index in [2.05, 4.69) is 10.3 Å². The van der Waals surface area contributed by atoms with Crippen molar-refractivity contribution in [2.45, 2.75) is 13.8 Å². The molecule has 22 heavy (non-hydrogen) atoms. The third-order valence-electron chi connectivity index (χ3n) is 3.79. The van der Waals surface area contributed by atoms with Crippen molar-refractivity contribution in [3.8, 4) is 5.75 Å². The molecule has 1 aromatic heterocycles. The van der Waals surface area contributed by atoms with Crippen LogP contribution in [0.15, 0.2) is 42.5 Å². The molecule has 4 heteroatoms. The molecule has 0 saturated carbocycles. The van der Waals surface area contributed by atoms with Crippen molar-refractivity contribution in [1.82, 2.24) is 4.98 Å². The molecule has 1 amide bonds. The van der Waals surface area contributed by atoms with Gasteiger partial charge in [-0.2, -0.15) is 0 Å². The largest absolute Gasteiger partial charge is 0.497 e. The Morgan fingerprint density at radius 2 is 1.82 bits per heavy atom. The molecule has 0 aliphatic carbocycles. The van der Waals surface area contributed by atoms with E-state index < -0.39 is 0 Å². The third kappa shape index (κ3) is 2.55. The molecular weight excluding hydrogens is 276 g/mol. The molecule has 3 rings (SSSR count). The van der Waals surface area contributed by atoms with Gasteiger partial charge in [-0.05, 0) is 55.3 Å². The molecule has 0 saturated heterocycles. The van der Waals surface area contributed by atoms with Crippen LogP contribution in [0.5, 0.6) is 5.75 Å². The SMILES string of the molecule is COc1ccc(NC(=O)c2[nH]c3cc(C)ccc3c2C)cc1. The van der Waals surface area contributed by atoms with Gasteiger partial charge in [0.25, 0.3) is 5.91 Å². The quantitative estimate of drug-likeness (QED) is 0.765. The maximum absolute atomic E-state index is 12.5. The maximum atomic E-state index is 12.5. The lowest BCUT2D eigenvalue weighted by atomic mass is 10.1. The number of aryl methyl sites for hydroxylation is 2. The number of anilines is 1. The fourth-order valence-electron chi connectivity index (χ4n) is 2.55. The number of benzene rings is 2. The zero-order chi connectivity index (χ0) is 15.7. The molecule has 3 aromatic rings. The van der Waals surface area contributed by atoms with Crippen LogP contribution in [0, 0.1) is 13.8 Å². The highest BCUT2D eigenvalue weighted by Crippen LogP contribution is 2.24. The van der Waals surface area contributed by atoms with Gasteiger partial charge in [-0.3, -0.25) is 4.79 Å². The highest BCUT2D eigenvalue weighted by atomic mass is 16.5. The fourth-order valence-corrected chi connectivity index (χ4v) is 2.55. The number of H-pyrrole nitrogens is 1. The molecule has 1 heterocycles. The number of ether oxygens (including phenoxy) is 1. The summed E-state index contributed by atoms with van der Waals surface area (Å²) >= 11 is 0. The van der Waals surface area contributed by atoms with Gasteiger partial charge in [-0.1, -0.05) is 12.1 Å². The molecule has 0 bridgehead atoms. The Morgan fingerprint density at radius 3 is 2.50 bits per heavy atom. The second-order valence-electron chi connectivity index (χ2n) is 5.36. The first kappa shape index (κ1) is 14.2. The first-order valence-corrected chi connectivity index (χ1v) is 7.13. The molecule has 2 aromatic carbocycles. The predicted molar refractivity (Wildman–Crippen MR) is 88.7 cm³/mol. The van der Waals surface area contributed by atoms with Crippen molar-refractivity contribution in [1.29, 1.82) is 0 Å². The van der Waals surface area contributed by atoms with Crippen LogP contribution in [-0.4, -0.2) is 18.0 Å². The molecule has 4 nitrogen and oxygen atoms in total. The average molecular weight is 294 g/mol. The van der Waals surface area contributed by atoms with Gasteiger partial charge in [-0.25, -0.2) is 0 Å². The van der Waals surface area contributed by atoms with Crippen LogP contribution in [0.3, 0.4) is 0 Å². The van der Waals surface area contributed by atoms with Crippen LogP contribution >= 0.6 is 0 Å². The van der Waals surface area contributed by atoms with Crippen molar-refractivity contribution >= 4 is 22.5 Å². The molecule has 0 aliphatic rings. The highest BCUT2D eigenvalue weighted by Gasteiger charge is 2.14. The number of rotatable bonds is 3. The Hall–Kier alpha value is -2.75. The Balaban J connectivity index is 1.89. The standard InChI is InChI=1S/C18H18N2O2/c1-11-4-9-15-12(2)17(20-16(15)10-11)18(21)19-13-5-7-14(22-3)8-6-13/h4-10,20H,1-3H3,(H,19,21). The molecule has 0 spiro atoms. The zero-order valence-electron chi connectivity index (χ0n) is 12.9. The summed E-state index contributed by atoms with van der Waals surface area (Å²) in [5, 5.41) is 3.97. The Labute approximate surface area is 129 Å². The number of methoxy groups -OCH3 is 1. The van der Waals surface area contributed by atoms with Crippen LogP contribution < -0.4 is 10.1 Å². The number of hydrogen-bond acceptors (Lipinski definition) is 2. The van der Waals surface area contributed by atoms with Gasteiger partial charge in [0.15, 0.2) is 0 Å². The predicted octanol–water partition coefficient (Wildman–Crippen LogP) is 4.05. The highest BCUT2D eigenvalue weighted by molar-refractivity contribution is 6.07. The number of aromatic amines is 1. The fraction of sp³-hybridized carbons (Fsp3) is 0.167. The summed E-state index contributed by atoms with van der Waals surface area (Å²) in [7, 11) is 1.61. The number of nitrogens with one attached hydrogen (secondary N) is 2. The third-order valence-corrected chi connectivity index (χ3v) is 3.79. The van der Waals surface area contributed by atoms with Crippen molar-refractivity contribution in [2.75, 3.05) is 12.4 Å². The van der Waals surface area contributed by atoms with Crippen molar-refractivity contribution in [3.05, 3.63) is 59.3 Å². The van der Waals surface area contributed by atoms with E-state index in [1.165, 1.54) is 0 Å². The molecule has 0 aliphatic heterocycles. The summed E-state index contributed by atoms with van der Waals surface area (Å²) < 4.78 is 5.11. The van der Waals surface area contributed by atoms with E-state index in [1.54, 1.807) is 7.11 Å². The summed E-state index contributed by atoms with van der Waals surface area (Å²) in [4.78, 5) is 15.7. The van der Waals surface area contributed by atoms with Gasteiger partial charge in [-0.15, -0.1) is 0 Å². The molecule has 2 N–H and O–H groups in total. The van der Waals surface area contributed by atoms with Crippen LogP contribution in [0.1, 0.15) is 21.6 Å². The number of carbonyl (C=O) groups is 1.